The Balaban J connectivity index is 1.87. The number of amides is 1. The highest BCUT2D eigenvalue weighted by atomic mass is 19.4. The average molecular weight is 401 g/mol. The van der Waals surface area contributed by atoms with E-state index in [0.717, 1.165) is 12.5 Å². The largest absolute Gasteiger partial charge is 0.416 e. The van der Waals surface area contributed by atoms with Gasteiger partial charge in [-0.3, -0.25) is 25.8 Å². The molecule has 1 amide bonds. The molecule has 0 fully saturated rings. The smallest absolute Gasteiger partial charge is 0.339 e. The number of carbonyl (C=O) groups excluding carboxylic acids is 1. The molecule has 12 heteroatoms. The molecule has 0 unspecified atom stereocenters. The Kier molecular flexibility index (Phi) is 6.90. The van der Waals surface area contributed by atoms with Crippen molar-refractivity contribution in [1.29, 1.82) is 0 Å². The van der Waals surface area contributed by atoms with Crippen LogP contribution in [-0.4, -0.2) is 21.0 Å². The number of nitrogens with one attached hydrogen (secondary N) is 2. The fraction of sp³-hybridized carbons (Fsp3) is 0.438. The number of aryl methyl sites for hydroxylation is 2. The Morgan fingerprint density at radius 2 is 2.07 bits per heavy atom. The van der Waals surface area contributed by atoms with Crippen molar-refractivity contribution in [1.82, 2.24) is 15.6 Å². The zero-order valence-corrected chi connectivity index (χ0v) is 14.9. The van der Waals surface area contributed by atoms with Crippen molar-refractivity contribution in [3.05, 3.63) is 45.6 Å². The van der Waals surface area contributed by atoms with Gasteiger partial charge in [0, 0.05) is 25.3 Å². The van der Waals surface area contributed by atoms with Crippen LogP contribution < -0.4 is 10.9 Å². The summed E-state index contributed by atoms with van der Waals surface area (Å²) in [5, 5.41) is 14.8. The summed E-state index contributed by atoms with van der Waals surface area (Å²) in [7, 11) is 0. The van der Waals surface area contributed by atoms with Crippen LogP contribution in [0.3, 0.4) is 0 Å². The molecule has 152 valence electrons. The molecule has 2 aromatic rings. The van der Waals surface area contributed by atoms with Gasteiger partial charge in [-0.1, -0.05) is 12.1 Å². The monoisotopic (exact) mass is 401 g/mol. The first-order valence-corrected chi connectivity index (χ1v) is 8.42. The van der Waals surface area contributed by atoms with E-state index in [-0.39, 0.29) is 12.1 Å². The lowest BCUT2D eigenvalue weighted by atomic mass is 10.1. The summed E-state index contributed by atoms with van der Waals surface area (Å²) in [6.45, 7) is 1.98. The molecule has 0 bridgehead atoms. The number of nitro groups is 1. The molecule has 0 saturated carbocycles. The van der Waals surface area contributed by atoms with Crippen molar-refractivity contribution in [3.8, 4) is 0 Å². The fourth-order valence-corrected chi connectivity index (χ4v) is 2.28. The van der Waals surface area contributed by atoms with E-state index < -0.39 is 28.3 Å². The summed E-state index contributed by atoms with van der Waals surface area (Å²) in [5.74, 6) is 0.503. The number of halogens is 3. The Morgan fingerprint density at radius 3 is 2.71 bits per heavy atom. The van der Waals surface area contributed by atoms with E-state index in [4.69, 9.17) is 4.52 Å². The van der Waals surface area contributed by atoms with Crippen LogP contribution in [0.2, 0.25) is 0 Å². The van der Waals surface area contributed by atoms with Gasteiger partial charge in [0.15, 0.2) is 5.82 Å². The van der Waals surface area contributed by atoms with Crippen LogP contribution in [0, 0.1) is 10.1 Å². The van der Waals surface area contributed by atoms with Crippen molar-refractivity contribution in [3.63, 3.8) is 0 Å². The number of anilines is 1. The molecule has 1 aromatic carbocycles. The summed E-state index contributed by atoms with van der Waals surface area (Å²) in [4.78, 5) is 26.0. The number of benzene rings is 1. The number of hydrogen-bond donors (Lipinski definition) is 2. The maximum atomic E-state index is 12.7. The molecule has 1 aromatic heterocycles. The minimum atomic E-state index is -4.71. The number of rotatable bonds is 9. The van der Waals surface area contributed by atoms with Gasteiger partial charge in [-0.05, 0) is 25.0 Å². The summed E-state index contributed by atoms with van der Waals surface area (Å²) >= 11 is 0. The molecule has 28 heavy (non-hydrogen) atoms. The van der Waals surface area contributed by atoms with Gasteiger partial charge in [0.05, 0.1) is 10.5 Å². The standard InChI is InChI=1S/C16H18F3N5O4/c1-2-4-13-20-15(28-23-13)6-3-5-14(25)22-21-11-8-7-10(16(17,18)19)9-12(11)24(26)27/h7-9,21H,2-6H2,1H3,(H,22,25). The molecule has 1 heterocycles. The van der Waals surface area contributed by atoms with E-state index in [1.165, 1.54) is 0 Å². The molecule has 9 nitrogen and oxygen atoms in total. The second-order valence-corrected chi connectivity index (χ2v) is 5.87. The number of nitro benzene ring substituents is 1. The van der Waals surface area contributed by atoms with Crippen molar-refractivity contribution in [2.75, 3.05) is 5.43 Å². The first kappa shape index (κ1) is 21.1. The van der Waals surface area contributed by atoms with Gasteiger partial charge in [-0.15, -0.1) is 0 Å². The van der Waals surface area contributed by atoms with Gasteiger partial charge in [-0.25, -0.2) is 0 Å². The molecule has 0 spiro atoms. The lowest BCUT2D eigenvalue weighted by molar-refractivity contribution is -0.384. The Labute approximate surface area is 157 Å². The Bertz CT molecular complexity index is 838. The lowest BCUT2D eigenvalue weighted by Crippen LogP contribution is -2.29. The number of hydrazine groups is 1. The predicted molar refractivity (Wildman–Crippen MR) is 91.1 cm³/mol. The third-order valence-electron chi connectivity index (χ3n) is 3.64. The first-order valence-electron chi connectivity index (χ1n) is 8.42. The van der Waals surface area contributed by atoms with Gasteiger partial charge in [-0.2, -0.15) is 18.2 Å². The predicted octanol–water partition coefficient (Wildman–Crippen LogP) is 3.42. The van der Waals surface area contributed by atoms with Gasteiger partial charge >= 0.3 is 6.18 Å². The zero-order valence-electron chi connectivity index (χ0n) is 14.9. The highest BCUT2D eigenvalue weighted by Crippen LogP contribution is 2.34. The van der Waals surface area contributed by atoms with Crippen LogP contribution >= 0.6 is 0 Å². The maximum Gasteiger partial charge on any atom is 0.416 e. The minimum absolute atomic E-state index is 0.0485. The number of aromatic nitrogens is 2. The molecule has 0 saturated heterocycles. The van der Waals surface area contributed by atoms with Crippen LogP contribution in [0.4, 0.5) is 24.5 Å². The number of alkyl halides is 3. The molecule has 2 rings (SSSR count). The zero-order chi connectivity index (χ0) is 20.7. The molecule has 2 N–H and O–H groups in total. The SMILES string of the molecule is CCCc1noc(CCCC(=O)NNc2ccc(C(F)(F)F)cc2[N+](=O)[O-])n1. The van der Waals surface area contributed by atoms with E-state index in [0.29, 0.717) is 43.1 Å². The Hall–Kier alpha value is -3.18. The van der Waals surface area contributed by atoms with E-state index in [1.807, 2.05) is 6.92 Å². The van der Waals surface area contributed by atoms with Gasteiger partial charge in [0.2, 0.25) is 11.8 Å². The second kappa shape index (κ2) is 9.15. The molecular formula is C16H18F3N5O4. The highest BCUT2D eigenvalue weighted by Gasteiger charge is 2.33. The second-order valence-electron chi connectivity index (χ2n) is 5.87. The van der Waals surface area contributed by atoms with Crippen molar-refractivity contribution >= 4 is 17.3 Å². The first-order chi connectivity index (χ1) is 13.2. The van der Waals surface area contributed by atoms with E-state index in [9.17, 15) is 28.1 Å². The van der Waals surface area contributed by atoms with Gasteiger partial charge < -0.3 is 4.52 Å². The van der Waals surface area contributed by atoms with Crippen molar-refractivity contribution in [2.24, 2.45) is 0 Å². The van der Waals surface area contributed by atoms with Crippen LogP contribution in [0.5, 0.6) is 0 Å². The number of nitrogens with zero attached hydrogens (tertiary/aromatic N) is 3. The van der Waals surface area contributed by atoms with Crippen molar-refractivity contribution < 1.29 is 27.4 Å². The summed E-state index contributed by atoms with van der Waals surface area (Å²) in [6.07, 6.45) is -2.32. The van der Waals surface area contributed by atoms with Crippen LogP contribution in [0.25, 0.3) is 0 Å². The van der Waals surface area contributed by atoms with Crippen molar-refractivity contribution in [2.45, 2.75) is 45.2 Å². The molecule has 0 aliphatic rings. The van der Waals surface area contributed by atoms with E-state index in [1.54, 1.807) is 0 Å². The van der Waals surface area contributed by atoms with Crippen LogP contribution in [0.1, 0.15) is 43.5 Å². The third kappa shape index (κ3) is 5.93. The topological polar surface area (TPSA) is 123 Å². The van der Waals surface area contributed by atoms with Gasteiger partial charge in [0.1, 0.15) is 5.69 Å². The maximum absolute atomic E-state index is 12.7. The molecule has 0 aliphatic carbocycles. The summed E-state index contributed by atoms with van der Waals surface area (Å²) < 4.78 is 43.0. The summed E-state index contributed by atoms with van der Waals surface area (Å²) in [6, 6.07) is 1.97. The molecular weight excluding hydrogens is 383 g/mol. The van der Waals surface area contributed by atoms with Gasteiger partial charge in [0.25, 0.3) is 5.69 Å². The van der Waals surface area contributed by atoms with E-state index in [2.05, 4.69) is 21.0 Å². The molecule has 0 aliphatic heterocycles. The quantitative estimate of drug-likeness (QED) is 0.487. The number of hydrogen-bond acceptors (Lipinski definition) is 7. The third-order valence-corrected chi connectivity index (χ3v) is 3.64. The van der Waals surface area contributed by atoms with E-state index >= 15 is 0 Å². The summed E-state index contributed by atoms with van der Waals surface area (Å²) in [5.41, 5.74) is 2.29. The fourth-order valence-electron chi connectivity index (χ4n) is 2.28. The number of carbonyl (C=O) groups is 1. The minimum Gasteiger partial charge on any atom is -0.339 e. The molecule has 0 radical (unpaired) electrons. The average Bonchev–Trinajstić information content (AvgIpc) is 3.06. The Morgan fingerprint density at radius 1 is 1.32 bits per heavy atom. The molecule has 0 atom stereocenters. The highest BCUT2D eigenvalue weighted by molar-refractivity contribution is 5.78. The van der Waals surface area contributed by atoms with Crippen LogP contribution in [-0.2, 0) is 23.8 Å². The lowest BCUT2D eigenvalue weighted by Gasteiger charge is -2.11. The normalized spacial score (nSPS) is 11.3. The van der Waals surface area contributed by atoms with Crippen LogP contribution in [0.15, 0.2) is 22.7 Å².